The third-order valence-corrected chi connectivity index (χ3v) is 7.67. The number of hydrogen-bond acceptors (Lipinski definition) is 6. The fourth-order valence-electron chi connectivity index (χ4n) is 6.21. The molecule has 4 aliphatic rings. The van der Waals surface area contributed by atoms with Crippen molar-refractivity contribution in [3.8, 4) is 11.5 Å². The number of imide groups is 2. The van der Waals surface area contributed by atoms with Crippen molar-refractivity contribution in [2.45, 2.75) is 18.8 Å². The molecule has 6 unspecified atom stereocenters. The van der Waals surface area contributed by atoms with Crippen molar-refractivity contribution in [2.24, 2.45) is 29.6 Å². The Morgan fingerprint density at radius 2 is 1.55 bits per heavy atom. The smallest absolute Gasteiger partial charge is 0.233 e. The summed E-state index contributed by atoms with van der Waals surface area (Å²) in [6.45, 7) is 0. The molecule has 8 nitrogen and oxygen atoms in total. The zero-order chi connectivity index (χ0) is 22.2. The first kappa shape index (κ1) is 19.8. The molecule has 2 heterocycles. The second kappa shape index (κ2) is 6.67. The Bertz CT molecular complexity index is 1060. The van der Waals surface area contributed by atoms with Crippen LogP contribution < -0.4 is 4.74 Å². The molecule has 2 aliphatic carbocycles. The van der Waals surface area contributed by atoms with Crippen LogP contribution in [-0.4, -0.2) is 59.7 Å². The van der Waals surface area contributed by atoms with Gasteiger partial charge in [0.15, 0.2) is 11.5 Å². The summed E-state index contributed by atoms with van der Waals surface area (Å²) < 4.78 is 5.27. The van der Waals surface area contributed by atoms with Gasteiger partial charge in [-0.15, -0.1) is 0 Å². The number of aromatic hydroxyl groups is 1. The van der Waals surface area contributed by atoms with Gasteiger partial charge in [-0.2, -0.15) is 0 Å². The van der Waals surface area contributed by atoms with Gasteiger partial charge in [0.1, 0.15) is 0 Å². The summed E-state index contributed by atoms with van der Waals surface area (Å²) in [4.78, 5) is 54.0. The number of carbonyl (C=O) groups is 4. The molecule has 3 fully saturated rings. The van der Waals surface area contributed by atoms with Crippen LogP contribution in [0.2, 0.25) is 0 Å². The summed E-state index contributed by atoms with van der Waals surface area (Å²) in [5, 5.41) is 10.9. The number of para-hydroxylation sites is 1. The van der Waals surface area contributed by atoms with Crippen LogP contribution in [0.3, 0.4) is 0 Å². The molecule has 4 amide bonds. The molecule has 0 spiro atoms. The minimum absolute atomic E-state index is 0.0711. The van der Waals surface area contributed by atoms with Gasteiger partial charge >= 0.3 is 0 Å². The number of allylic oxidation sites excluding steroid dienone is 2. The number of ether oxygens (including phenoxy) is 1. The molecular formula is C23H24N2O6. The molecule has 8 heteroatoms. The Morgan fingerprint density at radius 3 is 2.23 bits per heavy atom. The maximum absolute atomic E-state index is 13.1. The van der Waals surface area contributed by atoms with E-state index < -0.39 is 29.6 Å². The van der Waals surface area contributed by atoms with Gasteiger partial charge in [0.2, 0.25) is 23.6 Å². The van der Waals surface area contributed by atoms with E-state index >= 15 is 0 Å². The minimum Gasteiger partial charge on any atom is -0.504 e. The van der Waals surface area contributed by atoms with E-state index in [0.717, 1.165) is 10.5 Å². The lowest BCUT2D eigenvalue weighted by Gasteiger charge is -2.44. The molecule has 6 atom stereocenters. The highest BCUT2D eigenvalue weighted by Gasteiger charge is 2.61. The van der Waals surface area contributed by atoms with Crippen molar-refractivity contribution in [3.05, 3.63) is 35.4 Å². The highest BCUT2D eigenvalue weighted by molar-refractivity contribution is 6.07. The molecule has 5 rings (SSSR count). The van der Waals surface area contributed by atoms with Crippen LogP contribution in [-0.2, 0) is 19.2 Å². The highest BCUT2D eigenvalue weighted by atomic mass is 16.5. The number of amides is 4. The molecule has 0 aromatic heterocycles. The predicted octanol–water partition coefficient (Wildman–Crippen LogP) is 1.30. The van der Waals surface area contributed by atoms with E-state index in [9.17, 15) is 24.3 Å². The van der Waals surface area contributed by atoms with Crippen LogP contribution in [0.15, 0.2) is 29.8 Å². The lowest BCUT2D eigenvalue weighted by atomic mass is 9.57. The van der Waals surface area contributed by atoms with Crippen LogP contribution in [0.5, 0.6) is 11.5 Å². The fraction of sp³-hybridized carbons (Fsp3) is 0.478. The summed E-state index contributed by atoms with van der Waals surface area (Å²) in [6, 6.07) is 5.10. The van der Waals surface area contributed by atoms with Gasteiger partial charge in [-0.25, -0.2) is 0 Å². The number of nitrogens with zero attached hydrogens (tertiary/aromatic N) is 2. The van der Waals surface area contributed by atoms with E-state index in [1.807, 2.05) is 6.08 Å². The van der Waals surface area contributed by atoms with E-state index in [1.165, 1.54) is 26.1 Å². The summed E-state index contributed by atoms with van der Waals surface area (Å²) in [7, 11) is 4.43. The zero-order valence-electron chi connectivity index (χ0n) is 17.6. The lowest BCUT2D eigenvalue weighted by Crippen LogP contribution is -2.42. The Balaban J connectivity index is 1.69. The van der Waals surface area contributed by atoms with Gasteiger partial charge in [0, 0.05) is 25.6 Å². The van der Waals surface area contributed by atoms with Gasteiger partial charge in [-0.05, 0) is 24.8 Å². The maximum Gasteiger partial charge on any atom is 0.233 e. The predicted molar refractivity (Wildman–Crippen MR) is 108 cm³/mol. The van der Waals surface area contributed by atoms with Crippen LogP contribution in [0.1, 0.15) is 24.3 Å². The number of likely N-dealkylation sites (tertiary alicyclic amines) is 2. The van der Waals surface area contributed by atoms with Crippen LogP contribution in [0, 0.1) is 29.6 Å². The van der Waals surface area contributed by atoms with Crippen LogP contribution in [0.25, 0.3) is 0 Å². The van der Waals surface area contributed by atoms with Crippen molar-refractivity contribution in [2.75, 3.05) is 21.2 Å². The third-order valence-electron chi connectivity index (χ3n) is 7.67. The van der Waals surface area contributed by atoms with Gasteiger partial charge in [-0.3, -0.25) is 29.0 Å². The lowest BCUT2D eigenvalue weighted by molar-refractivity contribution is -0.140. The molecular weight excluding hydrogens is 400 g/mol. The Hall–Kier alpha value is -3.16. The number of fused-ring (bicyclic) bond motifs is 4. The highest BCUT2D eigenvalue weighted by Crippen LogP contribution is 2.59. The van der Waals surface area contributed by atoms with E-state index in [0.29, 0.717) is 18.4 Å². The van der Waals surface area contributed by atoms with Gasteiger partial charge in [0.25, 0.3) is 0 Å². The standard InChI is InChI=1S/C23H24N2O6/c1-24-20(27)12-8-7-10-13(17(12)22(24)29)9-14-18(23(30)25(2)21(14)28)16(10)11-5-4-6-15(31-3)19(11)26/h4-7,12-14,16-18,26H,8-9H2,1-3H3. The third kappa shape index (κ3) is 2.47. The zero-order valence-corrected chi connectivity index (χ0v) is 17.6. The second-order valence-electron chi connectivity index (χ2n) is 8.89. The van der Waals surface area contributed by atoms with Crippen molar-refractivity contribution in [3.63, 3.8) is 0 Å². The number of phenolic OH excluding ortho intramolecular Hbond substituents is 1. The number of methoxy groups -OCH3 is 1. The minimum atomic E-state index is -0.653. The molecule has 0 radical (unpaired) electrons. The molecule has 0 bridgehead atoms. The monoisotopic (exact) mass is 424 g/mol. The average Bonchev–Trinajstić information content (AvgIpc) is 3.12. The normalized spacial score (nSPS) is 34.5. The molecule has 2 aliphatic heterocycles. The van der Waals surface area contributed by atoms with E-state index in [1.54, 1.807) is 18.2 Å². The Kier molecular flexibility index (Phi) is 4.26. The molecule has 2 saturated heterocycles. The molecule has 162 valence electrons. The summed E-state index contributed by atoms with van der Waals surface area (Å²) >= 11 is 0. The SMILES string of the molecule is COc1cccc(C2C3=CCC4C(=O)N(C)C(=O)C4C3CC3C(=O)N(C)C(=O)C32)c1O. The molecule has 1 aromatic rings. The number of carbonyl (C=O) groups excluding carboxylic acids is 4. The Labute approximate surface area is 179 Å². The van der Waals surface area contributed by atoms with E-state index in [4.69, 9.17) is 4.74 Å². The quantitative estimate of drug-likeness (QED) is 0.567. The first-order chi connectivity index (χ1) is 14.8. The van der Waals surface area contributed by atoms with Gasteiger partial charge in [-0.1, -0.05) is 23.8 Å². The van der Waals surface area contributed by atoms with E-state index in [-0.39, 0.29) is 41.0 Å². The summed E-state index contributed by atoms with van der Waals surface area (Å²) in [5.41, 5.74) is 1.37. The topological polar surface area (TPSA) is 104 Å². The van der Waals surface area contributed by atoms with Crippen molar-refractivity contribution < 1.29 is 29.0 Å². The first-order valence-electron chi connectivity index (χ1n) is 10.5. The molecule has 1 N–H and O–H groups in total. The van der Waals surface area contributed by atoms with Gasteiger partial charge in [0.05, 0.1) is 30.8 Å². The number of hydrogen-bond donors (Lipinski definition) is 1. The summed E-state index contributed by atoms with van der Waals surface area (Å²) in [5.74, 6) is -3.89. The first-order valence-corrected chi connectivity index (χ1v) is 10.5. The van der Waals surface area contributed by atoms with Crippen LogP contribution >= 0.6 is 0 Å². The number of rotatable bonds is 2. The number of benzene rings is 1. The largest absolute Gasteiger partial charge is 0.504 e. The average molecular weight is 424 g/mol. The van der Waals surface area contributed by atoms with Gasteiger partial charge < -0.3 is 9.84 Å². The van der Waals surface area contributed by atoms with Crippen LogP contribution in [0.4, 0.5) is 0 Å². The summed E-state index contributed by atoms with van der Waals surface area (Å²) in [6.07, 6.45) is 2.70. The van der Waals surface area contributed by atoms with E-state index in [2.05, 4.69) is 0 Å². The maximum atomic E-state index is 13.1. The number of phenols is 1. The van der Waals surface area contributed by atoms with Crippen molar-refractivity contribution in [1.82, 2.24) is 9.80 Å². The fourth-order valence-corrected chi connectivity index (χ4v) is 6.21. The van der Waals surface area contributed by atoms with Crippen molar-refractivity contribution in [1.29, 1.82) is 0 Å². The molecule has 31 heavy (non-hydrogen) atoms. The van der Waals surface area contributed by atoms with Crippen molar-refractivity contribution >= 4 is 23.6 Å². The molecule has 1 aromatic carbocycles. The second-order valence-corrected chi connectivity index (χ2v) is 8.89. The molecule has 1 saturated carbocycles. The Morgan fingerprint density at radius 1 is 0.903 bits per heavy atom.